The number of carbonyl (C=O) groups excluding carboxylic acids is 1. The van der Waals surface area contributed by atoms with Gasteiger partial charge in [-0.1, -0.05) is 18.2 Å². The van der Waals surface area contributed by atoms with Crippen LogP contribution in [0.25, 0.3) is 10.8 Å². The highest BCUT2D eigenvalue weighted by Crippen LogP contribution is 2.31. The average molecular weight is 217 g/mol. The number of non-ortho nitro benzene ring substituents is 1. The van der Waals surface area contributed by atoms with Gasteiger partial charge in [0, 0.05) is 22.4 Å². The van der Waals surface area contributed by atoms with Crippen molar-refractivity contribution >= 4 is 22.7 Å². The van der Waals surface area contributed by atoms with E-state index in [0.717, 1.165) is 6.07 Å². The first-order chi connectivity index (χ1) is 7.63. The molecule has 5 nitrogen and oxygen atoms in total. The molecule has 0 aliphatic heterocycles. The Bertz CT molecular complexity index is 592. The molecule has 0 heterocycles. The van der Waals surface area contributed by atoms with E-state index >= 15 is 0 Å². The zero-order valence-corrected chi connectivity index (χ0v) is 8.08. The number of nitrogens with zero attached hydrogens (tertiary/aromatic N) is 1. The molecular weight excluding hydrogens is 210 g/mol. The van der Waals surface area contributed by atoms with Crippen LogP contribution in [0.5, 0.6) is 5.75 Å². The standard InChI is InChI=1S/C11H7NO4/c13-6-7-2-1-3-9-10(7)4-8(12(15)16)5-11(9)14/h1-6,14H. The van der Waals surface area contributed by atoms with Crippen LogP contribution in [0.1, 0.15) is 10.4 Å². The SMILES string of the molecule is O=Cc1cccc2c(O)cc([N+](=O)[O-])cc12. The lowest BCUT2D eigenvalue weighted by molar-refractivity contribution is -0.384. The first-order valence-corrected chi connectivity index (χ1v) is 4.49. The molecule has 0 saturated carbocycles. The molecule has 0 atom stereocenters. The van der Waals surface area contributed by atoms with E-state index in [-0.39, 0.29) is 11.4 Å². The van der Waals surface area contributed by atoms with Gasteiger partial charge in [0.1, 0.15) is 5.75 Å². The Balaban J connectivity index is 2.87. The predicted octanol–water partition coefficient (Wildman–Crippen LogP) is 2.27. The minimum absolute atomic E-state index is 0.201. The summed E-state index contributed by atoms with van der Waals surface area (Å²) in [5, 5.41) is 21.0. The van der Waals surface area contributed by atoms with E-state index in [9.17, 15) is 20.0 Å². The lowest BCUT2D eigenvalue weighted by atomic mass is 10.0. The number of phenolic OH excluding ortho intramolecular Hbond substituents is 1. The Morgan fingerprint density at radius 2 is 2.00 bits per heavy atom. The number of hydrogen-bond acceptors (Lipinski definition) is 4. The van der Waals surface area contributed by atoms with E-state index in [4.69, 9.17) is 0 Å². The zero-order valence-electron chi connectivity index (χ0n) is 8.08. The van der Waals surface area contributed by atoms with Crippen molar-refractivity contribution in [2.45, 2.75) is 0 Å². The van der Waals surface area contributed by atoms with Crippen molar-refractivity contribution in [2.75, 3.05) is 0 Å². The van der Waals surface area contributed by atoms with Crippen molar-refractivity contribution in [3.8, 4) is 5.75 Å². The molecule has 0 aliphatic carbocycles. The molecule has 0 aliphatic rings. The summed E-state index contributed by atoms with van der Waals surface area (Å²) in [7, 11) is 0. The van der Waals surface area contributed by atoms with Gasteiger partial charge in [-0.2, -0.15) is 0 Å². The van der Waals surface area contributed by atoms with Gasteiger partial charge < -0.3 is 5.11 Å². The summed E-state index contributed by atoms with van der Waals surface area (Å²) in [6.07, 6.45) is 0.603. The minimum Gasteiger partial charge on any atom is -0.507 e. The fraction of sp³-hybridized carbons (Fsp3) is 0. The summed E-state index contributed by atoms with van der Waals surface area (Å²) >= 11 is 0. The highest BCUT2D eigenvalue weighted by molar-refractivity contribution is 6.01. The van der Waals surface area contributed by atoms with Crippen LogP contribution in [0.4, 0.5) is 5.69 Å². The minimum atomic E-state index is -0.610. The largest absolute Gasteiger partial charge is 0.507 e. The van der Waals surface area contributed by atoms with E-state index in [1.165, 1.54) is 6.07 Å². The van der Waals surface area contributed by atoms with Gasteiger partial charge >= 0.3 is 0 Å². The Labute approximate surface area is 90.1 Å². The molecule has 2 aromatic rings. The smallest absolute Gasteiger partial charge is 0.273 e. The van der Waals surface area contributed by atoms with Crippen molar-refractivity contribution in [2.24, 2.45) is 0 Å². The van der Waals surface area contributed by atoms with Crippen LogP contribution in [0, 0.1) is 10.1 Å². The maximum Gasteiger partial charge on any atom is 0.273 e. The molecule has 0 saturated heterocycles. The van der Waals surface area contributed by atoms with E-state index in [1.54, 1.807) is 18.2 Å². The molecule has 1 N–H and O–H groups in total. The molecule has 0 fully saturated rings. The summed E-state index contributed by atoms with van der Waals surface area (Å²) in [6, 6.07) is 7.09. The second kappa shape index (κ2) is 3.62. The van der Waals surface area contributed by atoms with Crippen LogP contribution in [0.15, 0.2) is 30.3 Å². The summed E-state index contributed by atoms with van der Waals surface area (Å²) in [4.78, 5) is 20.8. The third kappa shape index (κ3) is 1.48. The topological polar surface area (TPSA) is 80.4 Å². The fourth-order valence-corrected chi connectivity index (χ4v) is 1.58. The van der Waals surface area contributed by atoms with Crippen LogP contribution >= 0.6 is 0 Å². The summed E-state index contributed by atoms with van der Waals surface area (Å²) in [5.41, 5.74) is 0.0794. The fourth-order valence-electron chi connectivity index (χ4n) is 1.58. The van der Waals surface area contributed by atoms with Crippen molar-refractivity contribution in [1.82, 2.24) is 0 Å². The normalized spacial score (nSPS) is 10.2. The number of aldehydes is 1. The molecule has 2 aromatic carbocycles. The second-order valence-electron chi connectivity index (χ2n) is 3.28. The van der Waals surface area contributed by atoms with Crippen LogP contribution in [0.3, 0.4) is 0 Å². The number of carbonyl (C=O) groups is 1. The Morgan fingerprint density at radius 1 is 1.25 bits per heavy atom. The molecule has 0 amide bonds. The molecular formula is C11H7NO4. The molecule has 0 bridgehead atoms. The second-order valence-corrected chi connectivity index (χ2v) is 3.28. The van der Waals surface area contributed by atoms with Gasteiger partial charge in [-0.3, -0.25) is 14.9 Å². The Hall–Kier alpha value is -2.43. The first-order valence-electron chi connectivity index (χ1n) is 4.49. The van der Waals surface area contributed by atoms with E-state index < -0.39 is 4.92 Å². The van der Waals surface area contributed by atoms with Crippen molar-refractivity contribution < 1.29 is 14.8 Å². The number of benzene rings is 2. The van der Waals surface area contributed by atoms with Crippen molar-refractivity contribution in [1.29, 1.82) is 0 Å². The third-order valence-corrected chi connectivity index (χ3v) is 2.33. The lowest BCUT2D eigenvalue weighted by Crippen LogP contribution is -1.90. The number of rotatable bonds is 2. The number of fused-ring (bicyclic) bond motifs is 1. The molecule has 0 aromatic heterocycles. The maximum atomic E-state index is 10.8. The predicted molar refractivity (Wildman–Crippen MR) is 57.7 cm³/mol. The van der Waals surface area contributed by atoms with Gasteiger partial charge in [-0.05, 0) is 0 Å². The molecule has 0 spiro atoms. The average Bonchev–Trinajstić information content (AvgIpc) is 2.28. The lowest BCUT2D eigenvalue weighted by Gasteiger charge is -2.03. The van der Waals surface area contributed by atoms with Gasteiger partial charge in [-0.15, -0.1) is 0 Å². The number of hydrogen-bond donors (Lipinski definition) is 1. The Kier molecular flexibility index (Phi) is 2.28. The number of nitro groups is 1. The highest BCUT2D eigenvalue weighted by Gasteiger charge is 2.12. The zero-order chi connectivity index (χ0) is 11.7. The van der Waals surface area contributed by atoms with Gasteiger partial charge in [-0.25, -0.2) is 0 Å². The summed E-state index contributed by atoms with van der Waals surface area (Å²) < 4.78 is 0. The highest BCUT2D eigenvalue weighted by atomic mass is 16.6. The molecule has 16 heavy (non-hydrogen) atoms. The molecule has 2 rings (SSSR count). The van der Waals surface area contributed by atoms with Gasteiger partial charge in [0.15, 0.2) is 6.29 Å². The molecule has 0 radical (unpaired) electrons. The van der Waals surface area contributed by atoms with Crippen LogP contribution < -0.4 is 0 Å². The molecule has 5 heteroatoms. The van der Waals surface area contributed by atoms with E-state index in [2.05, 4.69) is 0 Å². The number of aromatic hydroxyl groups is 1. The number of phenols is 1. The van der Waals surface area contributed by atoms with Crippen LogP contribution in [0.2, 0.25) is 0 Å². The summed E-state index contributed by atoms with van der Waals surface area (Å²) in [5.74, 6) is -0.201. The van der Waals surface area contributed by atoms with E-state index in [1.807, 2.05) is 0 Å². The van der Waals surface area contributed by atoms with Crippen LogP contribution in [-0.4, -0.2) is 16.3 Å². The van der Waals surface area contributed by atoms with Gasteiger partial charge in [0.2, 0.25) is 0 Å². The summed E-state index contributed by atoms with van der Waals surface area (Å²) in [6.45, 7) is 0. The quantitative estimate of drug-likeness (QED) is 0.475. The Morgan fingerprint density at radius 3 is 2.62 bits per heavy atom. The van der Waals surface area contributed by atoms with Gasteiger partial charge in [0.25, 0.3) is 5.69 Å². The monoisotopic (exact) mass is 217 g/mol. The van der Waals surface area contributed by atoms with Crippen LogP contribution in [-0.2, 0) is 0 Å². The van der Waals surface area contributed by atoms with Crippen molar-refractivity contribution in [3.05, 3.63) is 46.0 Å². The maximum absolute atomic E-state index is 10.8. The first kappa shape index (κ1) is 10.1. The number of nitro benzene ring substituents is 1. The van der Waals surface area contributed by atoms with Gasteiger partial charge in [0.05, 0.1) is 11.0 Å². The third-order valence-electron chi connectivity index (χ3n) is 2.33. The van der Waals surface area contributed by atoms with E-state index in [0.29, 0.717) is 22.6 Å². The van der Waals surface area contributed by atoms with Crippen molar-refractivity contribution in [3.63, 3.8) is 0 Å². The molecule has 0 unspecified atom stereocenters. The molecule has 80 valence electrons.